The molecule has 0 aromatic rings. The van der Waals surface area contributed by atoms with E-state index in [-0.39, 0.29) is 0 Å². The molecular formula is C9H22N2. The molecule has 1 aliphatic carbocycles. The van der Waals surface area contributed by atoms with E-state index in [1.54, 1.807) is 0 Å². The predicted molar refractivity (Wildman–Crippen MR) is 50.7 cm³/mol. The second-order valence-electron chi connectivity index (χ2n) is 2.85. The molecule has 0 atom stereocenters. The van der Waals surface area contributed by atoms with Gasteiger partial charge in [-0.05, 0) is 19.9 Å². The van der Waals surface area contributed by atoms with Crippen molar-refractivity contribution in [3.8, 4) is 0 Å². The number of hydrogen-bond donors (Lipinski definition) is 1. The number of likely N-dealkylation sites (N-methyl/N-ethyl adjacent to an activating group) is 1. The first kappa shape index (κ1) is 10.9. The van der Waals surface area contributed by atoms with Gasteiger partial charge >= 0.3 is 0 Å². The summed E-state index contributed by atoms with van der Waals surface area (Å²) in [5.41, 5.74) is 5.40. The van der Waals surface area contributed by atoms with Crippen molar-refractivity contribution in [3.63, 3.8) is 0 Å². The lowest BCUT2D eigenvalue weighted by Gasteiger charge is -2.34. The summed E-state index contributed by atoms with van der Waals surface area (Å²) in [6.07, 6.45) is 4.19. The van der Waals surface area contributed by atoms with Gasteiger partial charge in [-0.2, -0.15) is 0 Å². The van der Waals surface area contributed by atoms with Crippen LogP contribution in [0.15, 0.2) is 0 Å². The molecule has 0 amide bonds. The van der Waals surface area contributed by atoms with E-state index >= 15 is 0 Å². The molecule has 1 aliphatic rings. The maximum Gasteiger partial charge on any atom is 0.0104 e. The van der Waals surface area contributed by atoms with Crippen LogP contribution in [0.2, 0.25) is 0 Å². The molecule has 2 heteroatoms. The van der Waals surface area contributed by atoms with Gasteiger partial charge in [0.1, 0.15) is 0 Å². The quantitative estimate of drug-likeness (QED) is 0.673. The Labute approximate surface area is 70.8 Å². The molecule has 1 fully saturated rings. The predicted octanol–water partition coefficient (Wildman–Crippen LogP) is 1.46. The van der Waals surface area contributed by atoms with Gasteiger partial charge in [0.25, 0.3) is 0 Å². The van der Waals surface area contributed by atoms with E-state index in [9.17, 15) is 0 Å². The van der Waals surface area contributed by atoms with Gasteiger partial charge in [0.2, 0.25) is 0 Å². The van der Waals surface area contributed by atoms with Crippen molar-refractivity contribution in [2.75, 3.05) is 20.1 Å². The molecule has 0 heterocycles. The molecule has 2 N–H and O–H groups in total. The van der Waals surface area contributed by atoms with Gasteiger partial charge in [0, 0.05) is 19.1 Å². The first-order valence-corrected chi connectivity index (χ1v) is 4.75. The van der Waals surface area contributed by atoms with Crippen LogP contribution in [0.25, 0.3) is 0 Å². The Kier molecular flexibility index (Phi) is 6.57. The lowest BCUT2D eigenvalue weighted by molar-refractivity contribution is 0.164. The van der Waals surface area contributed by atoms with Crippen LogP contribution in [0.1, 0.15) is 33.1 Å². The van der Waals surface area contributed by atoms with E-state index in [1.807, 2.05) is 13.8 Å². The zero-order valence-electron chi connectivity index (χ0n) is 8.14. The van der Waals surface area contributed by atoms with Gasteiger partial charge in [-0.1, -0.05) is 20.3 Å². The number of hydrogen-bond acceptors (Lipinski definition) is 2. The highest BCUT2D eigenvalue weighted by molar-refractivity contribution is 4.77. The molecule has 0 spiro atoms. The summed E-state index contributed by atoms with van der Waals surface area (Å²) in [5.74, 6) is 0. The van der Waals surface area contributed by atoms with Crippen LogP contribution in [-0.4, -0.2) is 31.1 Å². The van der Waals surface area contributed by atoms with Crippen molar-refractivity contribution < 1.29 is 0 Å². The van der Waals surface area contributed by atoms with Crippen LogP contribution in [0.5, 0.6) is 0 Å². The average molecular weight is 158 g/mol. The fraction of sp³-hybridized carbons (Fsp3) is 1.00. The Bertz CT molecular complexity index is 79.6. The van der Waals surface area contributed by atoms with Crippen LogP contribution in [0.3, 0.4) is 0 Å². The van der Waals surface area contributed by atoms with E-state index in [4.69, 9.17) is 5.73 Å². The van der Waals surface area contributed by atoms with Crippen molar-refractivity contribution in [2.45, 2.75) is 39.2 Å². The first-order valence-electron chi connectivity index (χ1n) is 4.75. The number of nitrogens with zero attached hydrogens (tertiary/aromatic N) is 1. The zero-order valence-corrected chi connectivity index (χ0v) is 8.14. The van der Waals surface area contributed by atoms with Crippen LogP contribution in [0.4, 0.5) is 0 Å². The molecule has 0 saturated heterocycles. The molecule has 11 heavy (non-hydrogen) atoms. The minimum absolute atomic E-state index is 0.799. The van der Waals surface area contributed by atoms with Gasteiger partial charge in [-0.25, -0.2) is 0 Å². The van der Waals surface area contributed by atoms with Gasteiger partial charge in [0.05, 0.1) is 0 Å². The fourth-order valence-electron chi connectivity index (χ4n) is 1.21. The van der Waals surface area contributed by atoms with Gasteiger partial charge in [0.15, 0.2) is 0 Å². The minimum Gasteiger partial charge on any atom is -0.329 e. The molecule has 0 aliphatic heterocycles. The van der Waals surface area contributed by atoms with Crippen molar-refractivity contribution in [1.82, 2.24) is 4.90 Å². The Morgan fingerprint density at radius 1 is 1.36 bits per heavy atom. The van der Waals surface area contributed by atoms with Crippen molar-refractivity contribution >= 4 is 0 Å². The highest BCUT2D eigenvalue weighted by atomic mass is 15.1. The number of rotatable bonds is 3. The van der Waals surface area contributed by atoms with E-state index < -0.39 is 0 Å². The Balaban J connectivity index is 0.000000461. The fourth-order valence-corrected chi connectivity index (χ4v) is 1.21. The third kappa shape index (κ3) is 3.73. The molecule has 0 unspecified atom stereocenters. The van der Waals surface area contributed by atoms with Crippen molar-refractivity contribution in [2.24, 2.45) is 5.73 Å². The summed E-state index contributed by atoms with van der Waals surface area (Å²) >= 11 is 0. The van der Waals surface area contributed by atoms with E-state index in [2.05, 4.69) is 11.9 Å². The number of nitrogens with two attached hydrogens (primary N) is 1. The average Bonchev–Trinajstić information content (AvgIpc) is 1.89. The maximum atomic E-state index is 5.40. The van der Waals surface area contributed by atoms with Crippen LogP contribution in [-0.2, 0) is 0 Å². The van der Waals surface area contributed by atoms with Gasteiger partial charge in [-0.15, -0.1) is 0 Å². The SMILES string of the molecule is CC.CN(CCN)C1CCC1. The minimum atomic E-state index is 0.799. The molecule has 2 nitrogen and oxygen atoms in total. The summed E-state index contributed by atoms with van der Waals surface area (Å²) in [4.78, 5) is 2.36. The highest BCUT2D eigenvalue weighted by Crippen LogP contribution is 2.22. The van der Waals surface area contributed by atoms with Gasteiger partial charge < -0.3 is 10.6 Å². The zero-order chi connectivity index (χ0) is 8.69. The summed E-state index contributed by atoms with van der Waals surface area (Å²) in [7, 11) is 2.16. The summed E-state index contributed by atoms with van der Waals surface area (Å²) in [6, 6.07) is 0.855. The molecular weight excluding hydrogens is 136 g/mol. The van der Waals surface area contributed by atoms with Crippen LogP contribution >= 0.6 is 0 Å². The Morgan fingerprint density at radius 2 is 1.91 bits per heavy atom. The molecule has 1 saturated carbocycles. The maximum absolute atomic E-state index is 5.40. The molecule has 0 bridgehead atoms. The Morgan fingerprint density at radius 3 is 2.18 bits per heavy atom. The monoisotopic (exact) mass is 158 g/mol. The second-order valence-corrected chi connectivity index (χ2v) is 2.85. The standard InChI is InChI=1S/C7H16N2.C2H6/c1-9(6-5-8)7-3-2-4-7;1-2/h7H,2-6,8H2,1H3;1-2H3. The normalized spacial score (nSPS) is 17.2. The molecule has 1 rings (SSSR count). The van der Waals surface area contributed by atoms with E-state index in [0.717, 1.165) is 19.1 Å². The van der Waals surface area contributed by atoms with Crippen molar-refractivity contribution in [1.29, 1.82) is 0 Å². The summed E-state index contributed by atoms with van der Waals surface area (Å²) in [6.45, 7) is 5.86. The Hall–Kier alpha value is -0.0800. The van der Waals surface area contributed by atoms with E-state index in [1.165, 1.54) is 19.3 Å². The van der Waals surface area contributed by atoms with Crippen LogP contribution < -0.4 is 5.73 Å². The van der Waals surface area contributed by atoms with Crippen molar-refractivity contribution in [3.05, 3.63) is 0 Å². The lowest BCUT2D eigenvalue weighted by Crippen LogP contribution is -2.39. The lowest BCUT2D eigenvalue weighted by atomic mass is 9.92. The molecule has 0 radical (unpaired) electrons. The first-order chi connectivity index (χ1) is 5.34. The topological polar surface area (TPSA) is 29.3 Å². The van der Waals surface area contributed by atoms with Crippen LogP contribution in [0, 0.1) is 0 Å². The third-order valence-electron chi connectivity index (χ3n) is 2.18. The smallest absolute Gasteiger partial charge is 0.0104 e. The largest absolute Gasteiger partial charge is 0.329 e. The highest BCUT2D eigenvalue weighted by Gasteiger charge is 2.20. The van der Waals surface area contributed by atoms with E-state index in [0.29, 0.717) is 0 Å². The molecule has 0 aromatic carbocycles. The summed E-state index contributed by atoms with van der Waals surface area (Å²) < 4.78 is 0. The van der Waals surface area contributed by atoms with Gasteiger partial charge in [-0.3, -0.25) is 0 Å². The third-order valence-corrected chi connectivity index (χ3v) is 2.18. The molecule has 0 aromatic heterocycles. The second kappa shape index (κ2) is 6.62. The molecule has 68 valence electrons. The summed E-state index contributed by atoms with van der Waals surface area (Å²) in [5, 5.41) is 0.